The second kappa shape index (κ2) is 9.53. The van der Waals surface area contributed by atoms with E-state index in [1.165, 1.54) is 36.0 Å². The molecule has 0 radical (unpaired) electrons. The molecule has 0 saturated carbocycles. The smallest absolute Gasteiger partial charge is 0.339 e. The van der Waals surface area contributed by atoms with E-state index < -0.39 is 11.8 Å². The summed E-state index contributed by atoms with van der Waals surface area (Å²) in [6, 6.07) is 12.5. The average molecular weight is 398 g/mol. The summed E-state index contributed by atoms with van der Waals surface area (Å²) in [4.78, 5) is 11.8. The van der Waals surface area contributed by atoms with Crippen molar-refractivity contribution < 1.29 is 18.7 Å². The molecule has 0 saturated heterocycles. The molecule has 0 fully saturated rings. The van der Waals surface area contributed by atoms with Crippen molar-refractivity contribution in [2.75, 3.05) is 19.5 Å². The normalized spacial score (nSPS) is 10.1. The van der Waals surface area contributed by atoms with E-state index in [9.17, 15) is 9.18 Å². The Morgan fingerprint density at radius 2 is 1.96 bits per heavy atom. The second-order valence-corrected chi connectivity index (χ2v) is 6.21. The van der Waals surface area contributed by atoms with Crippen LogP contribution in [0.5, 0.6) is 5.75 Å². The molecule has 0 N–H and O–H groups in total. The molecule has 142 valence electrons. The Hall–Kier alpha value is -3.38. The zero-order chi connectivity index (χ0) is 19.8. The summed E-state index contributed by atoms with van der Waals surface area (Å²) >= 11 is 1.34. The summed E-state index contributed by atoms with van der Waals surface area (Å²) in [5, 5.41) is 12.2. The Kier molecular flexibility index (Phi) is 6.59. The van der Waals surface area contributed by atoms with Crippen LogP contribution in [-0.2, 0) is 4.74 Å². The molecule has 3 rings (SSSR count). The lowest BCUT2D eigenvalue weighted by Gasteiger charge is -2.08. The molecular formula is C19H15FN4O3S. The minimum absolute atomic E-state index is 0.0613. The number of benzene rings is 2. The Balaban J connectivity index is 1.52. The van der Waals surface area contributed by atoms with Crippen LogP contribution in [0.3, 0.4) is 0 Å². The van der Waals surface area contributed by atoms with Gasteiger partial charge in [0.15, 0.2) is 6.61 Å². The number of hydrogen-bond donors (Lipinski definition) is 0. The third-order valence-electron chi connectivity index (χ3n) is 3.51. The van der Waals surface area contributed by atoms with Gasteiger partial charge in [-0.3, -0.25) is 0 Å². The van der Waals surface area contributed by atoms with Crippen LogP contribution in [-0.4, -0.2) is 45.6 Å². The van der Waals surface area contributed by atoms with Crippen LogP contribution < -0.4 is 4.74 Å². The van der Waals surface area contributed by atoms with Gasteiger partial charge < -0.3 is 9.47 Å². The van der Waals surface area contributed by atoms with Gasteiger partial charge in [0.05, 0.1) is 18.4 Å². The maximum atomic E-state index is 12.8. The van der Waals surface area contributed by atoms with Crippen LogP contribution in [0.4, 0.5) is 4.39 Å². The molecule has 0 bridgehead atoms. The number of nitrogens with zero attached hydrogens (tertiary/aromatic N) is 4. The molecule has 2 aromatic carbocycles. The molecule has 1 aromatic heterocycles. The molecule has 0 atom stereocenters. The maximum absolute atomic E-state index is 12.8. The van der Waals surface area contributed by atoms with Crippen molar-refractivity contribution in [2.45, 2.75) is 5.16 Å². The first-order valence-electron chi connectivity index (χ1n) is 8.12. The minimum atomic E-state index is -0.554. The number of ether oxygens (including phenoxy) is 2. The first kappa shape index (κ1) is 19.4. The molecule has 28 heavy (non-hydrogen) atoms. The van der Waals surface area contributed by atoms with Crippen molar-refractivity contribution >= 4 is 17.7 Å². The Bertz CT molecular complexity index is 1010. The largest absolute Gasteiger partial charge is 0.494 e. The zero-order valence-electron chi connectivity index (χ0n) is 14.8. The van der Waals surface area contributed by atoms with Crippen molar-refractivity contribution in [3.8, 4) is 23.3 Å². The number of rotatable bonds is 6. The highest BCUT2D eigenvalue weighted by atomic mass is 32.2. The van der Waals surface area contributed by atoms with Gasteiger partial charge in [0.25, 0.3) is 0 Å². The number of carbonyl (C=O) groups excluding carboxylic acids is 1. The van der Waals surface area contributed by atoms with Gasteiger partial charge in [-0.15, -0.1) is 5.10 Å². The third-order valence-corrected chi connectivity index (χ3v) is 4.31. The van der Waals surface area contributed by atoms with E-state index in [2.05, 4.69) is 27.4 Å². The number of tetrazole rings is 1. The molecule has 0 spiro atoms. The quantitative estimate of drug-likeness (QED) is 0.359. The second-order valence-electron chi connectivity index (χ2n) is 5.27. The van der Waals surface area contributed by atoms with Gasteiger partial charge in [-0.2, -0.15) is 4.68 Å². The lowest BCUT2D eigenvalue weighted by molar-refractivity contribution is 0.0556. The molecule has 1 heterocycles. The van der Waals surface area contributed by atoms with Crippen LogP contribution >= 0.6 is 11.8 Å². The summed E-state index contributed by atoms with van der Waals surface area (Å²) in [6.45, 7) is -0.0613. The first-order valence-corrected chi connectivity index (χ1v) is 9.10. The number of hydrogen-bond acceptors (Lipinski definition) is 7. The Morgan fingerprint density at radius 1 is 1.18 bits per heavy atom. The Labute approximate surface area is 164 Å². The van der Waals surface area contributed by atoms with Gasteiger partial charge in [0.1, 0.15) is 17.3 Å². The fourth-order valence-electron chi connectivity index (χ4n) is 2.20. The van der Waals surface area contributed by atoms with Gasteiger partial charge in [0, 0.05) is 0 Å². The molecule has 0 unspecified atom stereocenters. The summed E-state index contributed by atoms with van der Waals surface area (Å²) in [5.74, 6) is 5.72. The van der Waals surface area contributed by atoms with Crippen molar-refractivity contribution in [2.24, 2.45) is 0 Å². The molecule has 3 aromatic rings. The number of carbonyl (C=O) groups is 1. The fraction of sp³-hybridized carbons (Fsp3) is 0.158. The maximum Gasteiger partial charge on any atom is 0.339 e. The predicted octanol–water partition coefficient (Wildman–Crippen LogP) is 2.76. The number of thioether (sulfide) groups is 1. The zero-order valence-corrected chi connectivity index (χ0v) is 15.6. The lowest BCUT2D eigenvalue weighted by Crippen LogP contribution is -2.05. The van der Waals surface area contributed by atoms with Gasteiger partial charge in [0.2, 0.25) is 5.16 Å². The number of methoxy groups -OCH3 is 1. The minimum Gasteiger partial charge on any atom is -0.494 e. The molecule has 0 aliphatic carbocycles. The number of aromatic nitrogens is 4. The highest BCUT2D eigenvalue weighted by Crippen LogP contribution is 2.25. The van der Waals surface area contributed by atoms with Gasteiger partial charge in [-0.25, -0.2) is 9.18 Å². The van der Waals surface area contributed by atoms with Crippen molar-refractivity contribution in [3.05, 3.63) is 59.9 Å². The van der Waals surface area contributed by atoms with E-state index in [-0.39, 0.29) is 12.2 Å². The molecular weight excluding hydrogens is 383 g/mol. The van der Waals surface area contributed by atoms with Crippen LogP contribution in [0, 0.1) is 17.7 Å². The van der Waals surface area contributed by atoms with Crippen LogP contribution in [0.15, 0.2) is 53.7 Å². The monoisotopic (exact) mass is 398 g/mol. The molecule has 7 nitrogen and oxygen atoms in total. The van der Waals surface area contributed by atoms with E-state index in [0.29, 0.717) is 16.7 Å². The number of para-hydroxylation sites is 2. The van der Waals surface area contributed by atoms with Gasteiger partial charge >= 0.3 is 5.97 Å². The van der Waals surface area contributed by atoms with Gasteiger partial charge in [-0.05, 0) is 46.8 Å². The van der Waals surface area contributed by atoms with Crippen molar-refractivity contribution in [1.29, 1.82) is 0 Å². The van der Waals surface area contributed by atoms with Crippen LogP contribution in [0.1, 0.15) is 10.4 Å². The fourth-order valence-corrected chi connectivity index (χ4v) is 2.85. The van der Waals surface area contributed by atoms with Gasteiger partial charge in [-0.1, -0.05) is 35.7 Å². The average Bonchev–Trinajstić information content (AvgIpc) is 3.19. The number of halogens is 1. The molecule has 9 heteroatoms. The molecule has 0 amide bonds. The summed E-state index contributed by atoms with van der Waals surface area (Å²) in [5.41, 5.74) is 0.993. The van der Waals surface area contributed by atoms with Crippen molar-refractivity contribution in [3.63, 3.8) is 0 Å². The van der Waals surface area contributed by atoms with E-state index >= 15 is 0 Å². The summed E-state index contributed by atoms with van der Waals surface area (Å²) in [6.07, 6.45) is 0. The lowest BCUT2D eigenvalue weighted by atomic mass is 10.2. The van der Waals surface area contributed by atoms with Crippen LogP contribution in [0.25, 0.3) is 5.69 Å². The van der Waals surface area contributed by atoms with E-state index in [1.54, 1.807) is 11.8 Å². The van der Waals surface area contributed by atoms with E-state index in [0.717, 1.165) is 5.69 Å². The molecule has 0 aliphatic heterocycles. The predicted molar refractivity (Wildman–Crippen MR) is 101 cm³/mol. The summed E-state index contributed by atoms with van der Waals surface area (Å²) < 4.78 is 24.8. The number of esters is 1. The van der Waals surface area contributed by atoms with E-state index in [1.807, 2.05) is 24.3 Å². The highest BCUT2D eigenvalue weighted by Gasteiger charge is 2.12. The summed E-state index contributed by atoms with van der Waals surface area (Å²) in [7, 11) is 1.58. The standard InChI is InChI=1S/C19H15FN4O3S/c1-26-17-7-3-2-6-16(17)24-19(21-22-23-24)28-13-5-4-12-27-18(25)14-8-10-15(20)11-9-14/h2-3,6-11H,12-13H2,1H3. The Morgan fingerprint density at radius 3 is 2.75 bits per heavy atom. The van der Waals surface area contributed by atoms with Crippen molar-refractivity contribution in [1.82, 2.24) is 20.2 Å². The highest BCUT2D eigenvalue weighted by molar-refractivity contribution is 7.99. The third kappa shape index (κ3) is 4.86. The van der Waals surface area contributed by atoms with Crippen LogP contribution in [0.2, 0.25) is 0 Å². The first-order chi connectivity index (χ1) is 13.7. The molecule has 0 aliphatic rings. The topological polar surface area (TPSA) is 79.1 Å². The SMILES string of the molecule is COc1ccccc1-n1nnnc1SCC#CCOC(=O)c1ccc(F)cc1. The van der Waals surface area contributed by atoms with E-state index in [4.69, 9.17) is 9.47 Å².